The molecule has 2 atom stereocenters. The van der Waals surface area contributed by atoms with Gasteiger partial charge in [0.25, 0.3) is 0 Å². The number of amides is 1. The van der Waals surface area contributed by atoms with E-state index in [0.717, 1.165) is 0 Å². The van der Waals surface area contributed by atoms with Gasteiger partial charge in [0, 0.05) is 19.1 Å². The van der Waals surface area contributed by atoms with E-state index in [-0.39, 0.29) is 12.1 Å². The first-order chi connectivity index (χ1) is 7.20. The number of carbonyl (C=O) groups is 1. The van der Waals surface area contributed by atoms with Gasteiger partial charge in [0.1, 0.15) is 5.60 Å². The van der Waals surface area contributed by atoms with Crippen LogP contribution in [-0.2, 0) is 4.74 Å². The van der Waals surface area contributed by atoms with Gasteiger partial charge in [0.15, 0.2) is 0 Å². The van der Waals surface area contributed by atoms with Crippen LogP contribution in [0.4, 0.5) is 4.79 Å². The Labute approximate surface area is 97.6 Å². The Morgan fingerprint density at radius 3 is 2.31 bits per heavy atom. The predicted octanol–water partition coefficient (Wildman–Crippen LogP) is 0.870. The van der Waals surface area contributed by atoms with Gasteiger partial charge in [-0.3, -0.25) is 0 Å². The molecule has 3 N–H and O–H groups in total. The van der Waals surface area contributed by atoms with Crippen LogP contribution in [0.25, 0.3) is 0 Å². The van der Waals surface area contributed by atoms with Gasteiger partial charge in [-0.15, -0.1) is 0 Å². The Kier molecular flexibility index (Phi) is 6.36. The number of carbonyl (C=O) groups excluding carboxylic acids is 1. The van der Waals surface area contributed by atoms with Crippen LogP contribution in [0.5, 0.6) is 0 Å². The largest absolute Gasteiger partial charge is 0.444 e. The normalized spacial score (nSPS) is 15.4. The monoisotopic (exact) mass is 232 g/mol. The van der Waals surface area contributed by atoms with E-state index in [0.29, 0.717) is 13.1 Å². The first kappa shape index (κ1) is 15.2. The van der Waals surface area contributed by atoms with E-state index in [1.165, 1.54) is 0 Å². The van der Waals surface area contributed by atoms with Crippen LogP contribution in [0.2, 0.25) is 0 Å². The van der Waals surface area contributed by atoms with Crippen molar-refractivity contribution in [1.29, 1.82) is 0 Å². The number of aliphatic hydroxyl groups excluding tert-OH is 1. The second-order valence-electron chi connectivity index (χ2n) is 5.05. The van der Waals surface area contributed by atoms with Crippen LogP contribution in [0, 0.1) is 0 Å². The van der Waals surface area contributed by atoms with Crippen molar-refractivity contribution in [3.05, 3.63) is 0 Å². The molecule has 0 unspecified atom stereocenters. The topological polar surface area (TPSA) is 70.6 Å². The van der Waals surface area contributed by atoms with Crippen LogP contribution in [0.1, 0.15) is 34.6 Å². The fraction of sp³-hybridized carbons (Fsp3) is 0.909. The van der Waals surface area contributed by atoms with E-state index in [4.69, 9.17) is 9.84 Å². The lowest BCUT2D eigenvalue weighted by Crippen LogP contribution is -2.43. The molecule has 0 spiro atoms. The maximum Gasteiger partial charge on any atom is 0.407 e. The summed E-state index contributed by atoms with van der Waals surface area (Å²) in [7, 11) is 0. The highest BCUT2D eigenvalue weighted by molar-refractivity contribution is 5.68. The van der Waals surface area contributed by atoms with Gasteiger partial charge in [-0.2, -0.15) is 0 Å². The number of nitrogens with one attached hydrogen (secondary N) is 2. The molecule has 0 radical (unpaired) electrons. The number of rotatable bonds is 5. The molecule has 5 heteroatoms. The van der Waals surface area contributed by atoms with Crippen molar-refractivity contribution in [1.82, 2.24) is 10.6 Å². The molecule has 0 aliphatic heterocycles. The number of hydrogen-bond donors (Lipinski definition) is 3. The molecule has 0 heterocycles. The molecule has 0 aromatic heterocycles. The average molecular weight is 232 g/mol. The zero-order valence-corrected chi connectivity index (χ0v) is 10.8. The highest BCUT2D eigenvalue weighted by Crippen LogP contribution is 2.06. The standard InChI is InChI=1S/C11H24N2O3/c1-8(6-12-7-9(2)14)13-10(15)16-11(3,4)5/h8-9,12,14H,6-7H2,1-5H3,(H,13,15)/t8-,9+/m0/s1. The molecule has 0 bridgehead atoms. The molecular formula is C11H24N2O3. The maximum atomic E-state index is 11.4. The number of alkyl carbamates (subject to hydrolysis) is 1. The molecule has 0 aromatic carbocycles. The van der Waals surface area contributed by atoms with Crippen molar-refractivity contribution in [2.24, 2.45) is 0 Å². The number of aliphatic hydroxyl groups is 1. The lowest BCUT2D eigenvalue weighted by atomic mass is 10.2. The molecule has 5 nitrogen and oxygen atoms in total. The van der Waals surface area contributed by atoms with Gasteiger partial charge < -0.3 is 20.5 Å². The van der Waals surface area contributed by atoms with E-state index in [1.807, 2.05) is 27.7 Å². The van der Waals surface area contributed by atoms with E-state index in [1.54, 1.807) is 6.92 Å². The highest BCUT2D eigenvalue weighted by Gasteiger charge is 2.17. The zero-order valence-electron chi connectivity index (χ0n) is 10.8. The van der Waals surface area contributed by atoms with E-state index < -0.39 is 11.7 Å². The first-order valence-corrected chi connectivity index (χ1v) is 5.59. The van der Waals surface area contributed by atoms with Crippen molar-refractivity contribution in [3.63, 3.8) is 0 Å². The minimum Gasteiger partial charge on any atom is -0.444 e. The SMILES string of the molecule is C[C@@H](O)CNC[C@H](C)NC(=O)OC(C)(C)C. The van der Waals surface area contributed by atoms with Crippen LogP contribution in [0.3, 0.4) is 0 Å². The average Bonchev–Trinajstić information content (AvgIpc) is 1.98. The molecule has 0 saturated carbocycles. The fourth-order valence-corrected chi connectivity index (χ4v) is 1.07. The van der Waals surface area contributed by atoms with Crippen molar-refractivity contribution in [2.45, 2.75) is 52.4 Å². The van der Waals surface area contributed by atoms with Crippen LogP contribution < -0.4 is 10.6 Å². The van der Waals surface area contributed by atoms with Gasteiger partial charge in [0.2, 0.25) is 0 Å². The molecule has 0 saturated heterocycles. The minimum atomic E-state index is -0.475. The van der Waals surface area contributed by atoms with Gasteiger partial charge in [0.05, 0.1) is 6.10 Å². The molecule has 0 rings (SSSR count). The third-order valence-corrected chi connectivity index (χ3v) is 1.65. The van der Waals surface area contributed by atoms with Crippen LogP contribution in [0.15, 0.2) is 0 Å². The van der Waals surface area contributed by atoms with Crippen molar-refractivity contribution in [2.75, 3.05) is 13.1 Å². The summed E-state index contributed by atoms with van der Waals surface area (Å²) in [5, 5.41) is 14.8. The Morgan fingerprint density at radius 1 is 1.31 bits per heavy atom. The summed E-state index contributed by atoms with van der Waals surface area (Å²) in [5.41, 5.74) is -0.475. The molecule has 96 valence electrons. The first-order valence-electron chi connectivity index (χ1n) is 5.59. The van der Waals surface area contributed by atoms with Crippen LogP contribution >= 0.6 is 0 Å². The quantitative estimate of drug-likeness (QED) is 0.658. The molecular weight excluding hydrogens is 208 g/mol. The molecule has 0 aliphatic carbocycles. The smallest absolute Gasteiger partial charge is 0.407 e. The Balaban J connectivity index is 3.70. The summed E-state index contributed by atoms with van der Waals surface area (Å²) in [6, 6.07) is -0.0337. The molecule has 0 fully saturated rings. The third kappa shape index (κ3) is 9.73. The highest BCUT2D eigenvalue weighted by atomic mass is 16.6. The second kappa shape index (κ2) is 6.70. The molecule has 0 aliphatic rings. The third-order valence-electron chi connectivity index (χ3n) is 1.65. The molecule has 1 amide bonds. The Morgan fingerprint density at radius 2 is 1.88 bits per heavy atom. The van der Waals surface area contributed by atoms with Crippen molar-refractivity contribution in [3.8, 4) is 0 Å². The summed E-state index contributed by atoms with van der Waals surface area (Å²) in [6.07, 6.45) is -0.799. The van der Waals surface area contributed by atoms with Gasteiger partial charge in [-0.05, 0) is 34.6 Å². The van der Waals surface area contributed by atoms with E-state index in [9.17, 15) is 4.79 Å². The molecule has 16 heavy (non-hydrogen) atoms. The van der Waals surface area contributed by atoms with Crippen molar-refractivity contribution < 1.29 is 14.6 Å². The van der Waals surface area contributed by atoms with Gasteiger partial charge in [-0.1, -0.05) is 0 Å². The summed E-state index contributed by atoms with van der Waals surface area (Å²) in [4.78, 5) is 11.4. The van der Waals surface area contributed by atoms with Gasteiger partial charge >= 0.3 is 6.09 Å². The molecule has 0 aromatic rings. The fourth-order valence-electron chi connectivity index (χ4n) is 1.07. The van der Waals surface area contributed by atoms with Crippen molar-refractivity contribution >= 4 is 6.09 Å². The van der Waals surface area contributed by atoms with E-state index >= 15 is 0 Å². The maximum absolute atomic E-state index is 11.4. The summed E-state index contributed by atoms with van der Waals surface area (Å²) in [5.74, 6) is 0. The summed E-state index contributed by atoms with van der Waals surface area (Å²) >= 11 is 0. The lowest BCUT2D eigenvalue weighted by molar-refractivity contribution is 0.0508. The minimum absolute atomic E-state index is 0.0337. The predicted molar refractivity (Wildman–Crippen MR) is 63.4 cm³/mol. The van der Waals surface area contributed by atoms with Gasteiger partial charge in [-0.25, -0.2) is 4.79 Å². The number of ether oxygens (including phenoxy) is 1. The Bertz CT molecular complexity index is 212. The number of hydrogen-bond acceptors (Lipinski definition) is 4. The Hall–Kier alpha value is -0.810. The zero-order chi connectivity index (χ0) is 12.8. The van der Waals surface area contributed by atoms with E-state index in [2.05, 4.69) is 10.6 Å². The summed E-state index contributed by atoms with van der Waals surface area (Å²) < 4.78 is 5.11. The summed E-state index contributed by atoms with van der Waals surface area (Å²) in [6.45, 7) is 10.2. The second-order valence-corrected chi connectivity index (χ2v) is 5.05. The lowest BCUT2D eigenvalue weighted by Gasteiger charge is -2.22. The van der Waals surface area contributed by atoms with Crippen LogP contribution in [-0.4, -0.2) is 42.0 Å².